The van der Waals surface area contributed by atoms with E-state index in [4.69, 9.17) is 0 Å². The van der Waals surface area contributed by atoms with Crippen LogP contribution in [0.2, 0.25) is 0 Å². The van der Waals surface area contributed by atoms with E-state index in [-0.39, 0.29) is 24.1 Å². The van der Waals surface area contributed by atoms with Gasteiger partial charge in [0.1, 0.15) is 11.1 Å². The minimum atomic E-state index is -0.501. The van der Waals surface area contributed by atoms with Crippen LogP contribution in [0.5, 0.6) is 0 Å². The van der Waals surface area contributed by atoms with Crippen molar-refractivity contribution in [2.24, 2.45) is 4.99 Å². The van der Waals surface area contributed by atoms with Crippen LogP contribution in [0.3, 0.4) is 0 Å². The van der Waals surface area contributed by atoms with Crippen molar-refractivity contribution < 1.29 is 14.0 Å². The van der Waals surface area contributed by atoms with Gasteiger partial charge >= 0.3 is 0 Å². The van der Waals surface area contributed by atoms with Crippen molar-refractivity contribution in [1.82, 2.24) is 10.2 Å². The number of carbonyl (C=O) groups is 2. The van der Waals surface area contributed by atoms with E-state index in [2.05, 4.69) is 10.3 Å². The van der Waals surface area contributed by atoms with Gasteiger partial charge in [0.05, 0.1) is 12.2 Å². The zero-order valence-corrected chi connectivity index (χ0v) is 15.1. The number of amides is 2. The number of thiophene rings is 1. The van der Waals surface area contributed by atoms with Crippen LogP contribution in [0.1, 0.15) is 11.3 Å². The molecule has 130 valence electrons. The first kappa shape index (κ1) is 17.6. The predicted octanol–water partition coefficient (Wildman–Crippen LogP) is 3.16. The number of amidine groups is 1. The summed E-state index contributed by atoms with van der Waals surface area (Å²) < 4.78 is 13.1. The molecule has 1 N–H and O–H groups in total. The first-order chi connectivity index (χ1) is 12.1. The second-order valence-electron chi connectivity index (χ2n) is 5.36. The molecule has 5 nitrogen and oxygen atoms in total. The molecule has 0 radical (unpaired) electrons. The maximum Gasteiger partial charge on any atom is 0.243 e. The van der Waals surface area contributed by atoms with Crippen LogP contribution in [0.4, 0.5) is 10.1 Å². The Hall–Kier alpha value is -2.19. The lowest BCUT2D eigenvalue weighted by atomic mass is 10.2. The van der Waals surface area contributed by atoms with E-state index in [9.17, 15) is 14.0 Å². The van der Waals surface area contributed by atoms with Gasteiger partial charge in [-0.3, -0.25) is 14.5 Å². The van der Waals surface area contributed by atoms with E-state index in [1.807, 2.05) is 17.5 Å². The molecule has 2 aromatic rings. The number of rotatable bonds is 5. The zero-order chi connectivity index (χ0) is 17.8. The summed E-state index contributed by atoms with van der Waals surface area (Å²) in [6.45, 7) is 0.410. The monoisotopic (exact) mass is 377 g/mol. The quantitative estimate of drug-likeness (QED) is 0.871. The van der Waals surface area contributed by atoms with Gasteiger partial charge in [-0.1, -0.05) is 17.8 Å². The van der Waals surface area contributed by atoms with Crippen molar-refractivity contribution in [3.05, 3.63) is 52.5 Å². The Labute approximate surface area is 152 Å². The van der Waals surface area contributed by atoms with Gasteiger partial charge < -0.3 is 5.32 Å². The molecule has 1 fully saturated rings. The van der Waals surface area contributed by atoms with Crippen molar-refractivity contribution >= 4 is 45.8 Å². The van der Waals surface area contributed by atoms with Crippen LogP contribution in [-0.4, -0.2) is 34.2 Å². The summed E-state index contributed by atoms with van der Waals surface area (Å²) in [5.41, 5.74) is 0.563. The molecule has 2 heterocycles. The maximum atomic E-state index is 13.1. The second-order valence-corrected chi connectivity index (χ2v) is 7.56. The van der Waals surface area contributed by atoms with Gasteiger partial charge in [0.25, 0.3) is 0 Å². The first-order valence-corrected chi connectivity index (χ1v) is 9.38. The van der Waals surface area contributed by atoms with Crippen molar-refractivity contribution in [3.63, 3.8) is 0 Å². The van der Waals surface area contributed by atoms with Crippen molar-refractivity contribution in [2.75, 3.05) is 7.05 Å². The number of thioether (sulfide) groups is 1. The van der Waals surface area contributed by atoms with Crippen molar-refractivity contribution in [3.8, 4) is 0 Å². The number of halogens is 1. The summed E-state index contributed by atoms with van der Waals surface area (Å²) in [6.07, 6.45) is 0.101. The standard InChI is InChI=1S/C17H16FN3O2S2/c1-19-15(22)9-14-16(23)21(10-13-3-2-8-24-13)17(25-14)20-12-6-4-11(18)5-7-12/h2-8,14H,9-10H2,1H3,(H,19,22)/t14-/m1/s1. The van der Waals surface area contributed by atoms with E-state index < -0.39 is 5.25 Å². The summed E-state index contributed by atoms with van der Waals surface area (Å²) >= 11 is 2.82. The minimum absolute atomic E-state index is 0.101. The van der Waals surface area contributed by atoms with Gasteiger partial charge in [0, 0.05) is 18.3 Å². The van der Waals surface area contributed by atoms with E-state index in [0.29, 0.717) is 17.4 Å². The first-order valence-electron chi connectivity index (χ1n) is 7.62. The molecule has 0 aliphatic carbocycles. The average Bonchev–Trinajstić information content (AvgIpc) is 3.21. The summed E-state index contributed by atoms with van der Waals surface area (Å²) in [5, 5.41) is 4.51. The fraction of sp³-hybridized carbons (Fsp3) is 0.235. The number of carbonyl (C=O) groups excluding carboxylic acids is 2. The van der Waals surface area contributed by atoms with Crippen LogP contribution in [0.25, 0.3) is 0 Å². The fourth-order valence-corrected chi connectivity index (χ4v) is 4.18. The molecule has 1 aromatic carbocycles. The Morgan fingerprint density at radius 3 is 2.72 bits per heavy atom. The lowest BCUT2D eigenvalue weighted by Crippen LogP contribution is -2.33. The number of aliphatic imine (C=N–C) groups is 1. The average molecular weight is 377 g/mol. The minimum Gasteiger partial charge on any atom is -0.359 e. The molecule has 0 saturated carbocycles. The Morgan fingerprint density at radius 2 is 2.08 bits per heavy atom. The van der Waals surface area contributed by atoms with Crippen LogP contribution in [0.15, 0.2) is 46.8 Å². The van der Waals surface area contributed by atoms with Gasteiger partial charge in [-0.2, -0.15) is 0 Å². The van der Waals surface area contributed by atoms with E-state index in [1.165, 1.54) is 23.9 Å². The summed E-state index contributed by atoms with van der Waals surface area (Å²) in [4.78, 5) is 31.5. The second kappa shape index (κ2) is 7.79. The topological polar surface area (TPSA) is 61.8 Å². The SMILES string of the molecule is CNC(=O)C[C@H]1SC(=Nc2ccc(F)cc2)N(Cc2cccs2)C1=O. The molecular formula is C17H16FN3O2S2. The van der Waals surface area contributed by atoms with Crippen LogP contribution >= 0.6 is 23.1 Å². The number of hydrogen-bond donors (Lipinski definition) is 1. The summed E-state index contributed by atoms with van der Waals surface area (Å²) in [7, 11) is 1.55. The molecule has 1 aliphatic heterocycles. The van der Waals surface area contributed by atoms with Crippen molar-refractivity contribution in [1.29, 1.82) is 0 Å². The Bertz CT molecular complexity index is 791. The van der Waals surface area contributed by atoms with Crippen LogP contribution < -0.4 is 5.32 Å². The highest BCUT2D eigenvalue weighted by Crippen LogP contribution is 2.33. The predicted molar refractivity (Wildman–Crippen MR) is 98.4 cm³/mol. The third-order valence-corrected chi connectivity index (χ3v) is 5.65. The Morgan fingerprint density at radius 1 is 1.32 bits per heavy atom. The third kappa shape index (κ3) is 4.26. The van der Waals surface area contributed by atoms with Gasteiger partial charge in [-0.25, -0.2) is 9.38 Å². The molecule has 0 spiro atoms. The van der Waals surface area contributed by atoms with Crippen LogP contribution in [0, 0.1) is 5.82 Å². The van der Waals surface area contributed by atoms with Gasteiger partial charge in [-0.15, -0.1) is 11.3 Å². The summed E-state index contributed by atoms with van der Waals surface area (Å²) in [5.74, 6) is -0.667. The largest absolute Gasteiger partial charge is 0.359 e. The van der Waals surface area contributed by atoms with E-state index in [1.54, 1.807) is 35.4 Å². The molecule has 0 unspecified atom stereocenters. The molecule has 8 heteroatoms. The molecule has 3 rings (SSSR count). The normalized spacial score (nSPS) is 18.8. The number of nitrogens with zero attached hydrogens (tertiary/aromatic N) is 2. The fourth-order valence-electron chi connectivity index (χ4n) is 2.33. The molecule has 1 aliphatic rings. The molecule has 1 atom stereocenters. The van der Waals surface area contributed by atoms with E-state index in [0.717, 1.165) is 4.88 Å². The summed E-state index contributed by atoms with van der Waals surface area (Å²) in [6, 6.07) is 9.64. The lowest BCUT2D eigenvalue weighted by molar-refractivity contribution is -0.129. The molecule has 25 heavy (non-hydrogen) atoms. The lowest BCUT2D eigenvalue weighted by Gasteiger charge is -2.15. The molecule has 0 bridgehead atoms. The maximum absolute atomic E-state index is 13.1. The highest BCUT2D eigenvalue weighted by molar-refractivity contribution is 8.15. The molecular weight excluding hydrogens is 361 g/mol. The number of nitrogens with one attached hydrogen (secondary N) is 1. The number of hydrogen-bond acceptors (Lipinski definition) is 5. The van der Waals surface area contributed by atoms with Crippen LogP contribution in [-0.2, 0) is 16.1 Å². The number of benzene rings is 1. The Kier molecular flexibility index (Phi) is 5.50. The van der Waals surface area contributed by atoms with E-state index >= 15 is 0 Å². The highest BCUT2D eigenvalue weighted by Gasteiger charge is 2.39. The van der Waals surface area contributed by atoms with Crippen molar-refractivity contribution in [2.45, 2.75) is 18.2 Å². The molecule has 1 aromatic heterocycles. The van der Waals surface area contributed by atoms with Gasteiger partial charge in [0.2, 0.25) is 11.8 Å². The van der Waals surface area contributed by atoms with Gasteiger partial charge in [0.15, 0.2) is 5.17 Å². The molecule has 2 amide bonds. The Balaban J connectivity index is 1.87. The third-order valence-electron chi connectivity index (χ3n) is 3.62. The smallest absolute Gasteiger partial charge is 0.243 e. The highest BCUT2D eigenvalue weighted by atomic mass is 32.2. The zero-order valence-electron chi connectivity index (χ0n) is 13.4. The molecule has 1 saturated heterocycles. The van der Waals surface area contributed by atoms with Gasteiger partial charge in [-0.05, 0) is 35.7 Å².